The van der Waals surface area contributed by atoms with Crippen LogP contribution in [0.2, 0.25) is 0 Å². The minimum Gasteiger partial charge on any atom is -0.386 e. The van der Waals surface area contributed by atoms with Crippen LogP contribution in [-0.4, -0.2) is 41.1 Å². The summed E-state index contributed by atoms with van der Waals surface area (Å²) in [7, 11) is 0. The molecule has 1 fully saturated rings. The molecule has 6 heteroatoms. The van der Waals surface area contributed by atoms with Crippen LogP contribution in [0.25, 0.3) is 0 Å². The van der Waals surface area contributed by atoms with Gasteiger partial charge in [0.2, 0.25) is 0 Å². The lowest BCUT2D eigenvalue weighted by Crippen LogP contribution is -2.50. The van der Waals surface area contributed by atoms with Crippen LogP contribution in [0.3, 0.4) is 0 Å². The summed E-state index contributed by atoms with van der Waals surface area (Å²) in [6, 6.07) is 16.8. The molecule has 2 aromatic carbocycles. The van der Waals surface area contributed by atoms with Crippen molar-refractivity contribution in [3.05, 3.63) is 65.7 Å². The van der Waals surface area contributed by atoms with Crippen LogP contribution < -0.4 is 5.32 Å². The monoisotopic (exact) mass is 377 g/mol. The van der Waals surface area contributed by atoms with Gasteiger partial charge in [-0.25, -0.2) is 0 Å². The number of oxime groups is 1. The van der Waals surface area contributed by atoms with E-state index in [-0.39, 0.29) is 11.8 Å². The first-order valence-electron chi connectivity index (χ1n) is 9.52. The number of hydrogen-bond donors (Lipinski definition) is 1. The first kappa shape index (κ1) is 18.2. The summed E-state index contributed by atoms with van der Waals surface area (Å²) < 4.78 is 0. The predicted molar refractivity (Wildman–Crippen MR) is 107 cm³/mol. The molecule has 0 radical (unpaired) electrons. The van der Waals surface area contributed by atoms with Crippen molar-refractivity contribution in [2.24, 2.45) is 5.16 Å². The van der Waals surface area contributed by atoms with E-state index in [2.05, 4.69) is 10.5 Å². The molecule has 1 atom stereocenters. The van der Waals surface area contributed by atoms with Crippen molar-refractivity contribution in [2.75, 3.05) is 18.4 Å². The molecule has 2 aliphatic heterocycles. The van der Waals surface area contributed by atoms with E-state index in [9.17, 15) is 9.59 Å². The number of carbonyl (C=O) groups excluding carboxylic acids is 2. The van der Waals surface area contributed by atoms with Crippen molar-refractivity contribution in [1.82, 2.24) is 4.90 Å². The number of nitrogens with zero attached hydrogens (tertiary/aromatic N) is 2. The second-order valence-corrected chi connectivity index (χ2v) is 7.51. The van der Waals surface area contributed by atoms with Gasteiger partial charge >= 0.3 is 0 Å². The zero-order chi connectivity index (χ0) is 19.6. The zero-order valence-corrected chi connectivity index (χ0v) is 15.9. The molecule has 144 valence electrons. The van der Waals surface area contributed by atoms with Gasteiger partial charge in [0, 0.05) is 24.2 Å². The Kier molecular flexibility index (Phi) is 4.86. The Bertz CT molecular complexity index is 908. The zero-order valence-electron chi connectivity index (χ0n) is 15.9. The van der Waals surface area contributed by atoms with E-state index in [4.69, 9.17) is 4.84 Å². The molecule has 0 aliphatic carbocycles. The average molecular weight is 377 g/mol. The topological polar surface area (TPSA) is 71.0 Å². The third kappa shape index (κ3) is 3.76. The lowest BCUT2D eigenvalue weighted by atomic mass is 9.87. The Morgan fingerprint density at radius 3 is 2.61 bits per heavy atom. The summed E-state index contributed by atoms with van der Waals surface area (Å²) in [4.78, 5) is 32.9. The van der Waals surface area contributed by atoms with Gasteiger partial charge in [-0.3, -0.25) is 9.59 Å². The van der Waals surface area contributed by atoms with Crippen molar-refractivity contribution in [3.63, 3.8) is 0 Å². The van der Waals surface area contributed by atoms with E-state index in [1.807, 2.05) is 66.4 Å². The van der Waals surface area contributed by atoms with Gasteiger partial charge < -0.3 is 15.1 Å². The van der Waals surface area contributed by atoms with Crippen LogP contribution in [-0.2, 0) is 9.63 Å². The van der Waals surface area contributed by atoms with Gasteiger partial charge in [0.15, 0.2) is 5.60 Å². The first-order valence-corrected chi connectivity index (χ1v) is 9.52. The van der Waals surface area contributed by atoms with E-state index in [0.717, 1.165) is 24.1 Å². The molecule has 28 heavy (non-hydrogen) atoms. The van der Waals surface area contributed by atoms with Gasteiger partial charge in [-0.2, -0.15) is 0 Å². The number of likely N-dealkylation sites (tertiary alicyclic amines) is 1. The van der Waals surface area contributed by atoms with E-state index < -0.39 is 5.60 Å². The van der Waals surface area contributed by atoms with Crippen LogP contribution in [0.5, 0.6) is 0 Å². The Balaban J connectivity index is 1.41. The lowest BCUT2D eigenvalue weighted by molar-refractivity contribution is -0.110. The van der Waals surface area contributed by atoms with Gasteiger partial charge in [0.05, 0.1) is 6.54 Å². The summed E-state index contributed by atoms with van der Waals surface area (Å²) in [5, 5.41) is 6.89. The first-order chi connectivity index (χ1) is 13.5. The summed E-state index contributed by atoms with van der Waals surface area (Å²) in [5.74, 6) is -0.269. The Morgan fingerprint density at radius 1 is 1.11 bits per heavy atom. The third-order valence-corrected chi connectivity index (χ3v) is 5.26. The Labute approximate surface area is 164 Å². The van der Waals surface area contributed by atoms with Gasteiger partial charge in [-0.1, -0.05) is 41.1 Å². The maximum atomic E-state index is 12.9. The Morgan fingerprint density at radius 2 is 1.86 bits per heavy atom. The van der Waals surface area contributed by atoms with E-state index in [0.29, 0.717) is 30.8 Å². The molecule has 2 amide bonds. The number of amides is 2. The number of aryl methyl sites for hydroxylation is 1. The molecule has 1 unspecified atom stereocenters. The van der Waals surface area contributed by atoms with Crippen molar-refractivity contribution in [1.29, 1.82) is 0 Å². The van der Waals surface area contributed by atoms with Gasteiger partial charge in [-0.15, -0.1) is 0 Å². The molecule has 2 aliphatic rings. The van der Waals surface area contributed by atoms with Crippen molar-refractivity contribution >= 4 is 23.2 Å². The van der Waals surface area contributed by atoms with Crippen molar-refractivity contribution < 1.29 is 14.4 Å². The maximum Gasteiger partial charge on any atom is 0.273 e. The summed E-state index contributed by atoms with van der Waals surface area (Å²) in [6.45, 7) is 3.12. The highest BCUT2D eigenvalue weighted by molar-refractivity contribution is 6.43. The second kappa shape index (κ2) is 7.46. The minimum absolute atomic E-state index is 0.00939. The number of benzene rings is 2. The molecule has 0 saturated carbocycles. The second-order valence-electron chi connectivity index (χ2n) is 7.51. The van der Waals surface area contributed by atoms with Crippen LogP contribution in [0, 0.1) is 6.92 Å². The van der Waals surface area contributed by atoms with Crippen LogP contribution in [0.4, 0.5) is 5.69 Å². The fraction of sp³-hybridized carbons (Fsp3) is 0.318. The molecular weight excluding hydrogens is 354 g/mol. The summed E-state index contributed by atoms with van der Waals surface area (Å²) in [5.41, 5.74) is 2.27. The van der Waals surface area contributed by atoms with Crippen LogP contribution in [0.1, 0.15) is 35.2 Å². The smallest absolute Gasteiger partial charge is 0.273 e. The molecular formula is C22H23N3O3. The summed E-state index contributed by atoms with van der Waals surface area (Å²) >= 11 is 0. The quantitative estimate of drug-likeness (QED) is 0.891. The SMILES string of the molecule is Cc1ccc(C(=O)N2CCCC3(CC(C(=O)Nc4ccccc4)=NO3)C2)cc1. The number of hydrogen-bond acceptors (Lipinski definition) is 4. The molecule has 2 aromatic rings. The molecule has 0 aromatic heterocycles. The Hall–Kier alpha value is -3.15. The largest absolute Gasteiger partial charge is 0.386 e. The molecule has 4 rings (SSSR count). The van der Waals surface area contributed by atoms with Gasteiger partial charge in [0.25, 0.3) is 11.8 Å². The standard InChI is InChI=1S/C22H23N3O3/c1-16-8-10-17(11-9-16)21(27)25-13-5-12-22(15-25)14-19(24-28-22)20(26)23-18-6-3-2-4-7-18/h2-4,6-11H,5,12-15H2,1H3,(H,23,26). The fourth-order valence-electron chi connectivity index (χ4n) is 3.74. The fourth-order valence-corrected chi connectivity index (χ4v) is 3.74. The number of piperidine rings is 1. The number of carbonyl (C=O) groups is 2. The number of rotatable bonds is 3. The van der Waals surface area contributed by atoms with Crippen molar-refractivity contribution in [2.45, 2.75) is 31.8 Å². The molecule has 1 spiro atoms. The van der Waals surface area contributed by atoms with Gasteiger partial charge in [-0.05, 0) is 44.0 Å². The molecule has 6 nitrogen and oxygen atoms in total. The van der Waals surface area contributed by atoms with E-state index >= 15 is 0 Å². The van der Waals surface area contributed by atoms with E-state index in [1.165, 1.54) is 0 Å². The number of nitrogens with one attached hydrogen (secondary N) is 1. The molecule has 2 heterocycles. The minimum atomic E-state index is -0.609. The predicted octanol–water partition coefficient (Wildman–Crippen LogP) is 3.38. The highest BCUT2D eigenvalue weighted by Crippen LogP contribution is 2.34. The maximum absolute atomic E-state index is 12.9. The normalized spacial score (nSPS) is 21.2. The third-order valence-electron chi connectivity index (χ3n) is 5.26. The van der Waals surface area contributed by atoms with Crippen LogP contribution >= 0.6 is 0 Å². The lowest BCUT2D eigenvalue weighted by Gasteiger charge is -2.38. The molecule has 1 N–H and O–H groups in total. The highest BCUT2D eigenvalue weighted by atomic mass is 16.7. The highest BCUT2D eigenvalue weighted by Gasteiger charge is 2.45. The van der Waals surface area contributed by atoms with Crippen LogP contribution in [0.15, 0.2) is 59.8 Å². The van der Waals surface area contributed by atoms with E-state index in [1.54, 1.807) is 0 Å². The molecule has 1 saturated heterocycles. The summed E-state index contributed by atoms with van der Waals surface area (Å²) in [6.07, 6.45) is 2.00. The van der Waals surface area contributed by atoms with Crippen molar-refractivity contribution in [3.8, 4) is 0 Å². The average Bonchev–Trinajstić information content (AvgIpc) is 3.12. The van der Waals surface area contributed by atoms with Gasteiger partial charge in [0.1, 0.15) is 5.71 Å². The number of anilines is 1. The molecule has 0 bridgehead atoms. The number of para-hydroxylation sites is 1.